The Labute approximate surface area is 74.6 Å². The molecule has 0 atom stereocenters. The van der Waals surface area contributed by atoms with Crippen LogP contribution in [0.5, 0.6) is 0 Å². The third kappa shape index (κ3) is 1.33. The van der Waals surface area contributed by atoms with E-state index in [0.717, 1.165) is 0 Å². The average molecular weight is 179 g/mol. The van der Waals surface area contributed by atoms with Gasteiger partial charge >= 0.3 is 0 Å². The van der Waals surface area contributed by atoms with Gasteiger partial charge in [-0.1, -0.05) is 5.16 Å². The molecule has 1 N–H and O–H groups in total. The molecule has 0 aromatic carbocycles. The third-order valence-corrected chi connectivity index (χ3v) is 1.76. The maximum atomic E-state index is 8.77. The highest BCUT2D eigenvalue weighted by Gasteiger charge is 2.09. The first-order valence-electron chi connectivity index (χ1n) is 3.85. The fourth-order valence-corrected chi connectivity index (χ4v) is 1.09. The predicted octanol–water partition coefficient (Wildman–Crippen LogP) is 0.567. The van der Waals surface area contributed by atoms with Crippen LogP contribution in [-0.2, 0) is 13.7 Å². The van der Waals surface area contributed by atoms with Crippen LogP contribution in [0, 0.1) is 0 Å². The number of aryl methyl sites for hydroxylation is 1. The fourth-order valence-electron chi connectivity index (χ4n) is 1.09. The molecule has 0 saturated heterocycles. The Bertz CT molecular complexity index is 405. The van der Waals surface area contributed by atoms with Gasteiger partial charge < -0.3 is 14.2 Å². The smallest absolute Gasteiger partial charge is 0.202 e. The second-order valence-electron chi connectivity index (χ2n) is 2.70. The fraction of sp³-hybridized carbons (Fsp3) is 0.250. The van der Waals surface area contributed by atoms with Gasteiger partial charge in [0.05, 0.1) is 6.61 Å². The Morgan fingerprint density at radius 1 is 1.62 bits per heavy atom. The van der Waals surface area contributed by atoms with Crippen molar-refractivity contribution in [3.8, 4) is 11.6 Å². The molecule has 0 aliphatic carbocycles. The standard InChI is InChI=1S/C8H9N3O2/c1-11-3-2-9-8(11)7-4-6(5-12)10-13-7/h2-4,12H,5H2,1H3. The summed E-state index contributed by atoms with van der Waals surface area (Å²) in [7, 11) is 1.86. The molecule has 0 spiro atoms. The molecule has 0 aliphatic rings. The molecule has 0 saturated carbocycles. The van der Waals surface area contributed by atoms with Gasteiger partial charge in [0.1, 0.15) is 5.69 Å². The molecule has 5 nitrogen and oxygen atoms in total. The van der Waals surface area contributed by atoms with E-state index in [4.69, 9.17) is 9.63 Å². The van der Waals surface area contributed by atoms with E-state index in [-0.39, 0.29) is 6.61 Å². The van der Waals surface area contributed by atoms with E-state index in [2.05, 4.69) is 10.1 Å². The topological polar surface area (TPSA) is 64.1 Å². The SMILES string of the molecule is Cn1ccnc1-c1cc(CO)no1. The number of nitrogens with zero attached hydrogens (tertiary/aromatic N) is 3. The lowest BCUT2D eigenvalue weighted by Gasteiger charge is -1.93. The Kier molecular flexibility index (Phi) is 1.86. The Morgan fingerprint density at radius 3 is 3.00 bits per heavy atom. The zero-order valence-electron chi connectivity index (χ0n) is 7.14. The number of aromatic nitrogens is 3. The molecule has 2 heterocycles. The van der Waals surface area contributed by atoms with E-state index in [9.17, 15) is 0 Å². The van der Waals surface area contributed by atoms with Crippen LogP contribution in [0.2, 0.25) is 0 Å². The van der Waals surface area contributed by atoms with Crippen LogP contribution in [0.15, 0.2) is 23.0 Å². The van der Waals surface area contributed by atoms with Crippen molar-refractivity contribution in [3.63, 3.8) is 0 Å². The summed E-state index contributed by atoms with van der Waals surface area (Å²) in [6.45, 7) is -0.117. The first kappa shape index (κ1) is 8.00. The normalized spacial score (nSPS) is 10.6. The summed E-state index contributed by atoms with van der Waals surface area (Å²) < 4.78 is 6.81. The van der Waals surface area contributed by atoms with Crippen LogP contribution in [0.1, 0.15) is 5.69 Å². The first-order valence-corrected chi connectivity index (χ1v) is 3.85. The van der Waals surface area contributed by atoms with Crippen molar-refractivity contribution in [3.05, 3.63) is 24.2 Å². The molecular formula is C8H9N3O2. The molecule has 13 heavy (non-hydrogen) atoms. The van der Waals surface area contributed by atoms with Gasteiger partial charge in [-0.25, -0.2) is 4.98 Å². The van der Waals surface area contributed by atoms with Gasteiger partial charge in [-0.05, 0) is 0 Å². The van der Waals surface area contributed by atoms with E-state index >= 15 is 0 Å². The Balaban J connectivity index is 2.41. The summed E-state index contributed by atoms with van der Waals surface area (Å²) in [5.74, 6) is 1.27. The number of hydrogen-bond donors (Lipinski definition) is 1. The molecule has 0 unspecified atom stereocenters. The van der Waals surface area contributed by atoms with Gasteiger partial charge in [-0.3, -0.25) is 0 Å². The number of aliphatic hydroxyl groups is 1. The summed E-state index contributed by atoms with van der Waals surface area (Å²) in [4.78, 5) is 4.08. The maximum absolute atomic E-state index is 8.77. The summed E-state index contributed by atoms with van der Waals surface area (Å²) in [5.41, 5.74) is 0.512. The lowest BCUT2D eigenvalue weighted by Crippen LogP contribution is -1.89. The molecule has 2 aromatic heterocycles. The number of hydrogen-bond acceptors (Lipinski definition) is 4. The first-order chi connectivity index (χ1) is 6.31. The van der Waals surface area contributed by atoms with Crippen LogP contribution in [0.4, 0.5) is 0 Å². The highest BCUT2D eigenvalue weighted by atomic mass is 16.5. The minimum atomic E-state index is -0.117. The summed E-state index contributed by atoms with van der Waals surface area (Å²) in [6.07, 6.45) is 3.49. The largest absolute Gasteiger partial charge is 0.390 e. The molecule has 0 radical (unpaired) electrons. The van der Waals surface area contributed by atoms with Gasteiger partial charge in [-0.15, -0.1) is 0 Å². The maximum Gasteiger partial charge on any atom is 0.202 e. The molecule has 2 rings (SSSR count). The van der Waals surface area contributed by atoms with Crippen molar-refractivity contribution in [2.45, 2.75) is 6.61 Å². The van der Waals surface area contributed by atoms with E-state index in [0.29, 0.717) is 17.3 Å². The number of rotatable bonds is 2. The summed E-state index contributed by atoms with van der Waals surface area (Å²) in [6, 6.07) is 1.67. The zero-order valence-corrected chi connectivity index (χ0v) is 7.14. The second kappa shape index (κ2) is 3.02. The second-order valence-corrected chi connectivity index (χ2v) is 2.70. The summed E-state index contributed by atoms with van der Waals surface area (Å²) in [5, 5.41) is 12.4. The van der Waals surface area contributed by atoms with Crippen molar-refractivity contribution in [1.82, 2.24) is 14.7 Å². The monoisotopic (exact) mass is 179 g/mol. The molecule has 0 amide bonds. The van der Waals surface area contributed by atoms with Gasteiger partial charge in [0.25, 0.3) is 0 Å². The van der Waals surface area contributed by atoms with E-state index < -0.39 is 0 Å². The van der Waals surface area contributed by atoms with Gasteiger partial charge in [-0.2, -0.15) is 0 Å². The molecule has 68 valence electrons. The molecule has 0 aliphatic heterocycles. The molecule has 0 fully saturated rings. The lowest BCUT2D eigenvalue weighted by molar-refractivity contribution is 0.267. The van der Waals surface area contributed by atoms with E-state index in [1.807, 2.05) is 17.8 Å². The van der Waals surface area contributed by atoms with Crippen LogP contribution in [-0.4, -0.2) is 19.8 Å². The lowest BCUT2D eigenvalue weighted by atomic mass is 10.3. The number of aliphatic hydroxyl groups excluding tert-OH is 1. The van der Waals surface area contributed by atoms with E-state index in [1.165, 1.54) is 0 Å². The van der Waals surface area contributed by atoms with Crippen LogP contribution in [0.3, 0.4) is 0 Å². The van der Waals surface area contributed by atoms with Crippen LogP contribution >= 0.6 is 0 Å². The van der Waals surface area contributed by atoms with Crippen LogP contribution in [0.25, 0.3) is 11.6 Å². The number of imidazole rings is 1. The van der Waals surface area contributed by atoms with Crippen molar-refractivity contribution >= 4 is 0 Å². The van der Waals surface area contributed by atoms with E-state index in [1.54, 1.807) is 12.3 Å². The van der Waals surface area contributed by atoms with Crippen molar-refractivity contribution in [2.24, 2.45) is 7.05 Å². The van der Waals surface area contributed by atoms with Crippen LogP contribution < -0.4 is 0 Å². The van der Waals surface area contributed by atoms with Gasteiger partial charge in [0.15, 0.2) is 5.82 Å². The third-order valence-electron chi connectivity index (χ3n) is 1.76. The summed E-state index contributed by atoms with van der Waals surface area (Å²) >= 11 is 0. The Hall–Kier alpha value is -1.62. The van der Waals surface area contributed by atoms with Gasteiger partial charge in [0, 0.05) is 25.5 Å². The predicted molar refractivity (Wildman–Crippen MR) is 44.6 cm³/mol. The highest BCUT2D eigenvalue weighted by molar-refractivity contribution is 5.47. The van der Waals surface area contributed by atoms with Crippen molar-refractivity contribution in [1.29, 1.82) is 0 Å². The minimum Gasteiger partial charge on any atom is -0.390 e. The molecule has 5 heteroatoms. The molecule has 2 aromatic rings. The molecular weight excluding hydrogens is 170 g/mol. The van der Waals surface area contributed by atoms with Crippen molar-refractivity contribution in [2.75, 3.05) is 0 Å². The highest BCUT2D eigenvalue weighted by Crippen LogP contribution is 2.17. The minimum absolute atomic E-state index is 0.117. The molecule has 0 bridgehead atoms. The zero-order chi connectivity index (χ0) is 9.26. The van der Waals surface area contributed by atoms with Gasteiger partial charge in [0.2, 0.25) is 5.76 Å². The average Bonchev–Trinajstić information content (AvgIpc) is 2.71. The Morgan fingerprint density at radius 2 is 2.46 bits per heavy atom. The van der Waals surface area contributed by atoms with Crippen molar-refractivity contribution < 1.29 is 9.63 Å². The quantitative estimate of drug-likeness (QED) is 0.731.